The molecule has 0 amide bonds. The first-order chi connectivity index (χ1) is 9.82. The summed E-state index contributed by atoms with van der Waals surface area (Å²) < 4.78 is 41.2. The highest BCUT2D eigenvalue weighted by molar-refractivity contribution is 7.86. The Balaban J connectivity index is 0.00000242. The number of rotatable bonds is 4. The molecule has 2 N–H and O–H groups in total. The van der Waals surface area contributed by atoms with E-state index < -0.39 is 16.0 Å². The van der Waals surface area contributed by atoms with Crippen molar-refractivity contribution in [3.8, 4) is 0 Å². The van der Waals surface area contributed by atoms with Crippen LogP contribution in [0.25, 0.3) is 0 Å². The van der Waals surface area contributed by atoms with Gasteiger partial charge >= 0.3 is 0 Å². The van der Waals surface area contributed by atoms with Crippen LogP contribution in [0.5, 0.6) is 0 Å². The molecule has 0 aromatic heterocycles. The Morgan fingerprint density at radius 2 is 2.00 bits per heavy atom. The molecule has 1 aromatic carbocycles. The van der Waals surface area contributed by atoms with Crippen LogP contribution in [-0.4, -0.2) is 43.2 Å². The summed E-state index contributed by atoms with van der Waals surface area (Å²) >= 11 is 5.94. The molecule has 22 heavy (non-hydrogen) atoms. The Morgan fingerprint density at radius 1 is 1.41 bits per heavy atom. The first kappa shape index (κ1) is 19.6. The van der Waals surface area contributed by atoms with Crippen LogP contribution in [0.15, 0.2) is 18.2 Å². The third kappa shape index (κ3) is 4.31. The van der Waals surface area contributed by atoms with E-state index in [1.807, 2.05) is 0 Å². The van der Waals surface area contributed by atoms with Crippen LogP contribution in [0.4, 0.5) is 4.39 Å². The quantitative estimate of drug-likeness (QED) is 0.879. The molecule has 5 nitrogen and oxygen atoms in total. The highest BCUT2D eigenvalue weighted by atomic mass is 35.5. The maximum atomic E-state index is 13.8. The summed E-state index contributed by atoms with van der Waals surface area (Å²) in [5.74, 6) is -0.509. The van der Waals surface area contributed by atoms with Crippen molar-refractivity contribution in [1.82, 2.24) is 8.61 Å². The van der Waals surface area contributed by atoms with Crippen LogP contribution in [0, 0.1) is 5.82 Å². The van der Waals surface area contributed by atoms with Crippen LogP contribution in [0.3, 0.4) is 0 Å². The lowest BCUT2D eigenvalue weighted by Gasteiger charge is -2.32. The van der Waals surface area contributed by atoms with Crippen molar-refractivity contribution in [1.29, 1.82) is 0 Å². The van der Waals surface area contributed by atoms with Crippen LogP contribution in [0.1, 0.15) is 18.4 Å². The van der Waals surface area contributed by atoms with Gasteiger partial charge in [0.25, 0.3) is 10.2 Å². The van der Waals surface area contributed by atoms with Gasteiger partial charge in [0.05, 0.1) is 0 Å². The number of benzene rings is 1. The zero-order chi connectivity index (χ0) is 15.6. The number of hydrogen-bond acceptors (Lipinski definition) is 3. The van der Waals surface area contributed by atoms with Crippen molar-refractivity contribution in [2.75, 3.05) is 20.1 Å². The fraction of sp³-hybridized carbons (Fsp3) is 0.538. The molecule has 0 radical (unpaired) electrons. The van der Waals surface area contributed by atoms with Crippen LogP contribution >= 0.6 is 24.0 Å². The number of halogens is 3. The molecule has 9 heteroatoms. The van der Waals surface area contributed by atoms with Gasteiger partial charge in [-0.3, -0.25) is 0 Å². The molecule has 0 atom stereocenters. The molecule has 0 bridgehead atoms. The smallest absolute Gasteiger partial charge is 0.282 e. The lowest BCUT2D eigenvalue weighted by molar-refractivity contribution is 0.294. The third-order valence-electron chi connectivity index (χ3n) is 3.66. The summed E-state index contributed by atoms with van der Waals surface area (Å²) in [6.45, 7) is 0.675. The molecule has 2 rings (SSSR count). The highest BCUT2D eigenvalue weighted by Crippen LogP contribution is 2.23. The molecule has 1 saturated heterocycles. The summed E-state index contributed by atoms with van der Waals surface area (Å²) in [4.78, 5) is 0. The van der Waals surface area contributed by atoms with Crippen molar-refractivity contribution in [2.24, 2.45) is 5.73 Å². The average molecular weight is 372 g/mol. The number of nitrogens with two attached hydrogens (primary N) is 1. The fourth-order valence-electron chi connectivity index (χ4n) is 2.29. The van der Waals surface area contributed by atoms with Gasteiger partial charge in [0.15, 0.2) is 0 Å². The molecule has 0 aliphatic carbocycles. The summed E-state index contributed by atoms with van der Waals surface area (Å²) in [5.41, 5.74) is 5.96. The minimum absolute atomic E-state index is 0. The zero-order valence-electron chi connectivity index (χ0n) is 12.2. The van der Waals surface area contributed by atoms with Crippen LogP contribution in [0.2, 0.25) is 5.02 Å². The SMILES string of the molecule is CN(Cc1c(F)cccc1Cl)S(=O)(=O)N1CCC(N)CC1.Cl. The van der Waals surface area contributed by atoms with E-state index >= 15 is 0 Å². The van der Waals surface area contributed by atoms with Gasteiger partial charge in [-0.15, -0.1) is 12.4 Å². The number of nitrogens with zero attached hydrogens (tertiary/aromatic N) is 2. The van der Waals surface area contributed by atoms with E-state index in [1.54, 1.807) is 6.07 Å². The maximum absolute atomic E-state index is 13.8. The van der Waals surface area contributed by atoms with E-state index in [-0.39, 0.29) is 35.6 Å². The van der Waals surface area contributed by atoms with Gasteiger partial charge in [-0.2, -0.15) is 17.0 Å². The van der Waals surface area contributed by atoms with Crippen molar-refractivity contribution in [3.05, 3.63) is 34.6 Å². The second kappa shape index (κ2) is 7.90. The standard InChI is InChI=1S/C13H19ClFN3O2S.ClH/c1-17(9-11-12(14)3-2-4-13(11)15)21(19,20)18-7-5-10(16)6-8-18;/h2-4,10H,5-9,16H2,1H3;1H. The van der Waals surface area contributed by atoms with Gasteiger partial charge in [0.2, 0.25) is 0 Å². The zero-order valence-corrected chi connectivity index (χ0v) is 14.6. The normalized spacial score (nSPS) is 17.5. The highest BCUT2D eigenvalue weighted by Gasteiger charge is 2.30. The molecule has 0 unspecified atom stereocenters. The van der Waals surface area contributed by atoms with Gasteiger partial charge < -0.3 is 5.73 Å². The van der Waals surface area contributed by atoms with E-state index in [1.165, 1.54) is 23.5 Å². The van der Waals surface area contributed by atoms with E-state index in [2.05, 4.69) is 0 Å². The summed E-state index contributed by atoms with van der Waals surface area (Å²) in [6.07, 6.45) is 1.26. The van der Waals surface area contributed by atoms with Gasteiger partial charge in [-0.25, -0.2) is 4.39 Å². The largest absolute Gasteiger partial charge is 0.328 e. The predicted molar refractivity (Wildman–Crippen MR) is 87.8 cm³/mol. The first-order valence-electron chi connectivity index (χ1n) is 6.72. The number of piperidine rings is 1. The topological polar surface area (TPSA) is 66.6 Å². The fourth-order valence-corrected chi connectivity index (χ4v) is 3.87. The monoisotopic (exact) mass is 371 g/mol. The lowest BCUT2D eigenvalue weighted by atomic mass is 10.1. The molecule has 1 aromatic rings. The van der Waals surface area contributed by atoms with Crippen molar-refractivity contribution < 1.29 is 12.8 Å². The van der Waals surface area contributed by atoms with Gasteiger partial charge in [0, 0.05) is 43.3 Å². The minimum Gasteiger partial charge on any atom is -0.328 e. The predicted octanol–water partition coefficient (Wildman–Crippen LogP) is 2.00. The van der Waals surface area contributed by atoms with E-state index in [9.17, 15) is 12.8 Å². The Bertz CT molecular complexity index is 587. The van der Waals surface area contributed by atoms with Crippen LogP contribution < -0.4 is 5.73 Å². The van der Waals surface area contributed by atoms with Crippen LogP contribution in [-0.2, 0) is 16.8 Å². The van der Waals surface area contributed by atoms with Crippen molar-refractivity contribution >= 4 is 34.2 Å². The summed E-state index contributed by atoms with van der Waals surface area (Å²) in [5, 5.41) is 0.220. The molecule has 0 saturated carbocycles. The van der Waals surface area contributed by atoms with E-state index in [4.69, 9.17) is 17.3 Å². The van der Waals surface area contributed by atoms with Gasteiger partial charge in [-0.1, -0.05) is 17.7 Å². The first-order valence-corrected chi connectivity index (χ1v) is 8.49. The Morgan fingerprint density at radius 3 is 2.55 bits per heavy atom. The molecular weight excluding hydrogens is 352 g/mol. The molecule has 1 aliphatic heterocycles. The van der Waals surface area contributed by atoms with Gasteiger partial charge in [-0.05, 0) is 25.0 Å². The van der Waals surface area contributed by atoms with E-state index in [0.717, 1.165) is 4.31 Å². The Kier molecular flexibility index (Phi) is 7.04. The minimum atomic E-state index is -3.63. The summed E-state index contributed by atoms with van der Waals surface area (Å²) in [7, 11) is -2.21. The lowest BCUT2D eigenvalue weighted by Crippen LogP contribution is -2.47. The molecule has 1 aliphatic rings. The average Bonchev–Trinajstić information content (AvgIpc) is 2.43. The van der Waals surface area contributed by atoms with Gasteiger partial charge in [0.1, 0.15) is 5.82 Å². The molecule has 1 heterocycles. The second-order valence-electron chi connectivity index (χ2n) is 5.20. The number of hydrogen-bond donors (Lipinski definition) is 1. The summed E-state index contributed by atoms with van der Waals surface area (Å²) in [6, 6.07) is 4.34. The Hall–Kier alpha value is -0.440. The van der Waals surface area contributed by atoms with Crippen molar-refractivity contribution in [3.63, 3.8) is 0 Å². The molecule has 1 fully saturated rings. The third-order valence-corrected chi connectivity index (χ3v) is 5.95. The van der Waals surface area contributed by atoms with Crippen molar-refractivity contribution in [2.45, 2.75) is 25.4 Å². The molecule has 126 valence electrons. The molecule has 0 spiro atoms. The van der Waals surface area contributed by atoms with E-state index in [0.29, 0.717) is 25.9 Å². The Labute approximate surface area is 141 Å². The maximum Gasteiger partial charge on any atom is 0.282 e. The molecular formula is C13H20Cl2FN3O2S. The second-order valence-corrected chi connectivity index (χ2v) is 7.64.